The van der Waals surface area contributed by atoms with Gasteiger partial charge in [-0.3, -0.25) is 9.52 Å². The highest BCUT2D eigenvalue weighted by Gasteiger charge is 2.27. The van der Waals surface area contributed by atoms with Crippen LogP contribution in [0, 0.1) is 17.8 Å². The van der Waals surface area contributed by atoms with Crippen molar-refractivity contribution in [2.45, 2.75) is 19.8 Å². The van der Waals surface area contributed by atoms with E-state index in [1.54, 1.807) is 12.3 Å². The number of sulfonamides is 1. The van der Waals surface area contributed by atoms with E-state index in [-0.39, 0.29) is 5.92 Å². The number of rotatable bonds is 6. The number of fused-ring (bicyclic) bond motifs is 1. The summed E-state index contributed by atoms with van der Waals surface area (Å²) in [5.74, 6) is 0.108. The SMILES string of the molecule is CC1C=C(c2c[nH]c3nccc(OCC4CCN(C)CC4)c23)C=CC1C(=O)NS(C)(=O)=O. The van der Waals surface area contributed by atoms with Crippen molar-refractivity contribution in [2.24, 2.45) is 17.8 Å². The summed E-state index contributed by atoms with van der Waals surface area (Å²) in [5, 5.41) is 0.919. The van der Waals surface area contributed by atoms with Gasteiger partial charge in [0.05, 0.1) is 24.2 Å². The Morgan fingerprint density at radius 2 is 2.09 bits per heavy atom. The van der Waals surface area contributed by atoms with E-state index in [2.05, 4.69) is 26.6 Å². The summed E-state index contributed by atoms with van der Waals surface area (Å²) in [5.41, 5.74) is 2.65. The van der Waals surface area contributed by atoms with Gasteiger partial charge in [-0.1, -0.05) is 25.2 Å². The fraction of sp³-hybridized carbons (Fsp3) is 0.478. The summed E-state index contributed by atoms with van der Waals surface area (Å²) in [4.78, 5) is 22.3. The summed E-state index contributed by atoms with van der Waals surface area (Å²) < 4.78 is 31.2. The fourth-order valence-electron chi connectivity index (χ4n) is 4.39. The van der Waals surface area contributed by atoms with E-state index in [9.17, 15) is 13.2 Å². The molecule has 0 bridgehead atoms. The number of likely N-dealkylation sites (tertiary alicyclic amines) is 1. The Hall–Kier alpha value is -2.65. The second-order valence-electron chi connectivity index (χ2n) is 8.90. The van der Waals surface area contributed by atoms with Crippen LogP contribution in [0.3, 0.4) is 0 Å². The summed E-state index contributed by atoms with van der Waals surface area (Å²) in [6, 6.07) is 1.90. The molecule has 0 saturated carbocycles. The topological polar surface area (TPSA) is 104 Å². The highest BCUT2D eigenvalue weighted by molar-refractivity contribution is 7.89. The Kier molecular flexibility index (Phi) is 6.39. The van der Waals surface area contributed by atoms with Crippen molar-refractivity contribution in [3.05, 3.63) is 42.3 Å². The lowest BCUT2D eigenvalue weighted by molar-refractivity contribution is -0.122. The van der Waals surface area contributed by atoms with Gasteiger partial charge in [0.25, 0.3) is 0 Å². The number of nitrogens with zero attached hydrogens (tertiary/aromatic N) is 2. The van der Waals surface area contributed by atoms with Crippen LogP contribution in [-0.2, 0) is 14.8 Å². The lowest BCUT2D eigenvalue weighted by Gasteiger charge is -2.28. The van der Waals surface area contributed by atoms with Gasteiger partial charge in [-0.05, 0) is 56.5 Å². The van der Waals surface area contributed by atoms with Crippen LogP contribution in [0.15, 0.2) is 36.7 Å². The minimum atomic E-state index is -3.59. The first-order valence-electron chi connectivity index (χ1n) is 10.9. The van der Waals surface area contributed by atoms with Crippen molar-refractivity contribution < 1.29 is 17.9 Å². The molecule has 2 unspecified atom stereocenters. The van der Waals surface area contributed by atoms with Gasteiger partial charge in [0.2, 0.25) is 15.9 Å². The van der Waals surface area contributed by atoms with Crippen LogP contribution in [-0.4, -0.2) is 62.2 Å². The van der Waals surface area contributed by atoms with Gasteiger partial charge in [0.15, 0.2) is 0 Å². The molecule has 0 radical (unpaired) electrons. The van der Waals surface area contributed by atoms with Crippen molar-refractivity contribution in [3.8, 4) is 5.75 Å². The number of ether oxygens (including phenoxy) is 1. The van der Waals surface area contributed by atoms with Crippen LogP contribution < -0.4 is 9.46 Å². The zero-order valence-electron chi connectivity index (χ0n) is 18.7. The van der Waals surface area contributed by atoms with Crippen LogP contribution in [0.1, 0.15) is 25.3 Å². The van der Waals surface area contributed by atoms with Gasteiger partial charge >= 0.3 is 0 Å². The molecule has 1 aliphatic heterocycles. The molecule has 32 heavy (non-hydrogen) atoms. The first kappa shape index (κ1) is 22.5. The number of amides is 1. The van der Waals surface area contributed by atoms with Gasteiger partial charge in [0, 0.05) is 18.0 Å². The Morgan fingerprint density at radius 1 is 1.34 bits per heavy atom. The molecule has 2 aromatic heterocycles. The predicted octanol–water partition coefficient (Wildman–Crippen LogP) is 2.56. The first-order valence-corrected chi connectivity index (χ1v) is 12.8. The van der Waals surface area contributed by atoms with Gasteiger partial charge in [-0.2, -0.15) is 0 Å². The highest BCUT2D eigenvalue weighted by Crippen LogP contribution is 2.36. The Morgan fingerprint density at radius 3 is 2.78 bits per heavy atom. The molecule has 9 heteroatoms. The van der Waals surface area contributed by atoms with E-state index in [0.717, 1.165) is 60.1 Å². The maximum atomic E-state index is 12.3. The molecule has 1 amide bonds. The largest absolute Gasteiger partial charge is 0.492 e. The molecule has 4 rings (SSSR count). The fourth-order valence-corrected chi connectivity index (χ4v) is 4.89. The summed E-state index contributed by atoms with van der Waals surface area (Å²) in [6.45, 7) is 4.77. The molecule has 2 aliphatic rings. The van der Waals surface area contributed by atoms with E-state index in [0.29, 0.717) is 12.5 Å². The molecule has 0 aromatic carbocycles. The number of H-pyrrole nitrogens is 1. The number of aromatic nitrogens is 2. The summed E-state index contributed by atoms with van der Waals surface area (Å²) in [7, 11) is -1.44. The molecule has 2 N–H and O–H groups in total. The number of carbonyl (C=O) groups excluding carboxylic acids is 1. The molecule has 1 saturated heterocycles. The van der Waals surface area contributed by atoms with E-state index in [4.69, 9.17) is 4.74 Å². The number of nitrogens with one attached hydrogen (secondary N) is 2. The molecular formula is C23H30N4O4S. The molecule has 3 heterocycles. The van der Waals surface area contributed by atoms with Crippen molar-refractivity contribution >= 4 is 32.5 Å². The second-order valence-corrected chi connectivity index (χ2v) is 10.6. The molecular weight excluding hydrogens is 428 g/mol. The number of carbonyl (C=O) groups is 1. The average molecular weight is 459 g/mol. The van der Waals surface area contributed by atoms with Crippen LogP contribution in [0.25, 0.3) is 16.6 Å². The van der Waals surface area contributed by atoms with Crippen LogP contribution >= 0.6 is 0 Å². The third-order valence-corrected chi connectivity index (χ3v) is 6.81. The second kappa shape index (κ2) is 9.07. The van der Waals surface area contributed by atoms with E-state index in [1.807, 2.05) is 31.3 Å². The van der Waals surface area contributed by atoms with Gasteiger partial charge in [-0.25, -0.2) is 13.4 Å². The van der Waals surface area contributed by atoms with Crippen LogP contribution in [0.2, 0.25) is 0 Å². The third-order valence-electron chi connectivity index (χ3n) is 6.24. The normalized spacial score (nSPS) is 22.7. The number of hydrogen-bond donors (Lipinski definition) is 2. The smallest absolute Gasteiger partial charge is 0.240 e. The summed E-state index contributed by atoms with van der Waals surface area (Å²) >= 11 is 0. The van der Waals surface area contributed by atoms with Crippen LogP contribution in [0.4, 0.5) is 0 Å². The minimum absolute atomic E-state index is 0.165. The number of pyridine rings is 1. The number of aromatic amines is 1. The lowest BCUT2D eigenvalue weighted by atomic mass is 9.85. The first-order chi connectivity index (χ1) is 15.2. The van der Waals surface area contributed by atoms with E-state index in [1.165, 1.54) is 0 Å². The molecule has 8 nitrogen and oxygen atoms in total. The van der Waals surface area contributed by atoms with Gasteiger partial charge < -0.3 is 14.6 Å². The maximum Gasteiger partial charge on any atom is 0.240 e. The number of piperidine rings is 1. The molecule has 0 spiro atoms. The Labute approximate surface area is 188 Å². The summed E-state index contributed by atoms with van der Waals surface area (Å²) in [6.07, 6.45) is 12.5. The molecule has 1 fully saturated rings. The zero-order valence-corrected chi connectivity index (χ0v) is 19.5. The Bertz CT molecular complexity index is 1160. The van der Waals surface area contributed by atoms with Crippen molar-refractivity contribution in [2.75, 3.05) is 33.0 Å². The lowest BCUT2D eigenvalue weighted by Crippen LogP contribution is -2.37. The minimum Gasteiger partial charge on any atom is -0.492 e. The molecule has 2 atom stereocenters. The predicted molar refractivity (Wildman–Crippen MR) is 125 cm³/mol. The average Bonchev–Trinajstić information content (AvgIpc) is 3.17. The van der Waals surface area contributed by atoms with Crippen molar-refractivity contribution in [1.82, 2.24) is 19.6 Å². The van der Waals surface area contributed by atoms with E-state index < -0.39 is 21.8 Å². The van der Waals surface area contributed by atoms with Crippen molar-refractivity contribution in [3.63, 3.8) is 0 Å². The standard InChI is InChI=1S/C23H30N4O4S/c1-15-12-17(4-5-18(15)23(28)26-32(3,29)30)19-13-25-22-21(19)20(6-9-24-22)31-14-16-7-10-27(2)11-8-16/h4-6,9,12-13,15-16,18H,7-8,10-11,14H2,1-3H3,(H,24,25)(H,26,28). The monoisotopic (exact) mass is 458 g/mol. The van der Waals surface area contributed by atoms with Crippen LogP contribution in [0.5, 0.6) is 5.75 Å². The van der Waals surface area contributed by atoms with Crippen molar-refractivity contribution in [1.29, 1.82) is 0 Å². The quantitative estimate of drug-likeness (QED) is 0.689. The van der Waals surface area contributed by atoms with Gasteiger partial charge in [-0.15, -0.1) is 0 Å². The number of allylic oxidation sites excluding steroid dienone is 3. The third kappa shape index (κ3) is 5.05. The highest BCUT2D eigenvalue weighted by atomic mass is 32.2. The number of hydrogen-bond acceptors (Lipinski definition) is 6. The maximum absolute atomic E-state index is 12.3. The molecule has 2 aromatic rings. The molecule has 172 valence electrons. The zero-order chi connectivity index (χ0) is 22.9. The van der Waals surface area contributed by atoms with Gasteiger partial charge in [0.1, 0.15) is 11.4 Å². The molecule has 1 aliphatic carbocycles. The Balaban J connectivity index is 1.54. The van der Waals surface area contributed by atoms with E-state index >= 15 is 0 Å².